The molecule has 1 aliphatic rings. The lowest BCUT2D eigenvalue weighted by Gasteiger charge is -2.17. The molecule has 0 radical (unpaired) electrons. The van der Waals surface area contributed by atoms with Gasteiger partial charge < -0.3 is 4.74 Å². The fourth-order valence-electron chi connectivity index (χ4n) is 2.12. The zero-order valence-electron chi connectivity index (χ0n) is 11.1. The van der Waals surface area contributed by atoms with E-state index in [9.17, 15) is 0 Å². The van der Waals surface area contributed by atoms with Gasteiger partial charge in [0.25, 0.3) is 0 Å². The Morgan fingerprint density at radius 1 is 0.870 bits per heavy atom. The van der Waals surface area contributed by atoms with Crippen LogP contribution in [0, 0.1) is 0 Å². The highest BCUT2D eigenvalue weighted by Crippen LogP contribution is 2.42. The van der Waals surface area contributed by atoms with Gasteiger partial charge in [0.2, 0.25) is 7.59 Å². The third-order valence-corrected chi connectivity index (χ3v) is 4.11. The van der Waals surface area contributed by atoms with Crippen molar-refractivity contribution < 1.29 is 4.74 Å². The molecule has 1 aromatic heterocycles. The summed E-state index contributed by atoms with van der Waals surface area (Å²) in [6, 6.07) is 7.58. The predicted octanol–water partition coefficient (Wildman–Crippen LogP) is 5.20. The van der Waals surface area contributed by atoms with Crippen LogP contribution in [0.1, 0.15) is 29.1 Å². The van der Waals surface area contributed by atoms with Gasteiger partial charge in [0, 0.05) is 6.42 Å². The van der Waals surface area contributed by atoms with E-state index in [1.54, 1.807) is 0 Å². The van der Waals surface area contributed by atoms with Gasteiger partial charge in [-0.3, -0.25) is 0 Å². The number of hydrogen-bond acceptors (Lipinski definition) is 4. The zero-order chi connectivity index (χ0) is 16.8. The van der Waals surface area contributed by atoms with E-state index < -0.39 is 13.7 Å². The average molecular weight is 434 g/mol. The van der Waals surface area contributed by atoms with Crippen molar-refractivity contribution in [1.29, 1.82) is 0 Å². The van der Waals surface area contributed by atoms with Crippen LogP contribution in [-0.2, 0) is 14.0 Å². The number of nitrogens with zero attached hydrogens (tertiary/aromatic N) is 3. The summed E-state index contributed by atoms with van der Waals surface area (Å²) in [5, 5.41) is 0. The van der Waals surface area contributed by atoms with Crippen molar-refractivity contribution >= 4 is 69.6 Å². The molecule has 10 heteroatoms. The van der Waals surface area contributed by atoms with E-state index in [2.05, 4.69) is 15.0 Å². The summed E-state index contributed by atoms with van der Waals surface area (Å²) in [7, 11) is 0. The molecule has 1 unspecified atom stereocenters. The minimum atomic E-state index is -1.88. The second kappa shape index (κ2) is 6.25. The zero-order valence-corrected chi connectivity index (χ0v) is 15.6. The van der Waals surface area contributed by atoms with E-state index in [0.29, 0.717) is 6.42 Å². The summed E-state index contributed by atoms with van der Waals surface area (Å²) >= 11 is 35.1. The molecule has 0 N–H and O–H groups in total. The lowest BCUT2D eigenvalue weighted by Crippen LogP contribution is -2.20. The Kier molecular flexibility index (Phi) is 4.78. The van der Waals surface area contributed by atoms with Crippen molar-refractivity contribution in [3.8, 4) is 5.75 Å². The van der Waals surface area contributed by atoms with Crippen molar-refractivity contribution in [1.82, 2.24) is 15.0 Å². The first-order valence-electron chi connectivity index (χ1n) is 6.29. The van der Waals surface area contributed by atoms with E-state index in [4.69, 9.17) is 74.3 Å². The van der Waals surface area contributed by atoms with E-state index in [1.807, 2.05) is 24.3 Å². The smallest absolute Gasteiger partial charge is 0.250 e. The molecule has 2 aromatic rings. The van der Waals surface area contributed by atoms with Crippen LogP contribution in [0.3, 0.4) is 0 Å². The lowest BCUT2D eigenvalue weighted by molar-refractivity contribution is 0.226. The Bertz CT molecular complexity index is 686. The fraction of sp³-hybridized carbons (Fsp3) is 0.308. The Balaban J connectivity index is 2.03. The molecule has 0 bridgehead atoms. The van der Waals surface area contributed by atoms with E-state index in [1.165, 1.54) is 0 Å². The van der Waals surface area contributed by atoms with Crippen molar-refractivity contribution in [3.05, 3.63) is 47.3 Å². The topological polar surface area (TPSA) is 47.9 Å². The third-order valence-electron chi connectivity index (χ3n) is 3.09. The summed E-state index contributed by atoms with van der Waals surface area (Å²) < 4.78 is 2.05. The van der Waals surface area contributed by atoms with Crippen molar-refractivity contribution in [2.75, 3.05) is 0 Å². The van der Waals surface area contributed by atoms with Crippen molar-refractivity contribution in [3.63, 3.8) is 0 Å². The van der Waals surface area contributed by atoms with Crippen LogP contribution in [-0.4, -0.2) is 15.0 Å². The summed E-state index contributed by atoms with van der Waals surface area (Å²) in [6.45, 7) is 0. The van der Waals surface area contributed by atoms with Gasteiger partial charge in [-0.1, -0.05) is 87.8 Å². The molecule has 0 fully saturated rings. The third kappa shape index (κ3) is 3.89. The van der Waals surface area contributed by atoms with E-state index >= 15 is 0 Å². The molecule has 2 heterocycles. The molecule has 122 valence electrons. The maximum Gasteiger partial charge on any atom is 0.250 e. The number of halogens is 6. The molecule has 0 aliphatic carbocycles. The SMILES string of the molecule is ClC(Cl)(Cl)c1nc(C2Cc3ccccc3O2)nc(C(Cl)(Cl)Cl)n1. The number of benzene rings is 1. The first kappa shape index (κ1) is 17.6. The fourth-order valence-corrected chi connectivity index (χ4v) is 2.62. The maximum atomic E-state index is 5.86. The van der Waals surface area contributed by atoms with Gasteiger partial charge >= 0.3 is 0 Å². The van der Waals surface area contributed by atoms with Crippen molar-refractivity contribution in [2.45, 2.75) is 20.1 Å². The van der Waals surface area contributed by atoms with Gasteiger partial charge in [-0.15, -0.1) is 0 Å². The van der Waals surface area contributed by atoms with Gasteiger partial charge in [0.15, 0.2) is 23.6 Å². The molecule has 23 heavy (non-hydrogen) atoms. The van der Waals surface area contributed by atoms with Gasteiger partial charge in [0.05, 0.1) is 0 Å². The van der Waals surface area contributed by atoms with Crippen LogP contribution in [0.5, 0.6) is 5.75 Å². The number of ether oxygens (including phenoxy) is 1. The van der Waals surface area contributed by atoms with Crippen LogP contribution in [0.2, 0.25) is 0 Å². The number of alkyl halides is 6. The molecular weight excluding hydrogens is 427 g/mol. The number of rotatable bonds is 1. The molecule has 0 spiro atoms. The Morgan fingerprint density at radius 2 is 1.43 bits per heavy atom. The maximum absolute atomic E-state index is 5.86. The van der Waals surface area contributed by atoms with Gasteiger partial charge in [-0.05, 0) is 11.6 Å². The Hall–Kier alpha value is -0.230. The lowest BCUT2D eigenvalue weighted by atomic mass is 10.1. The van der Waals surface area contributed by atoms with Crippen LogP contribution >= 0.6 is 69.6 Å². The minimum absolute atomic E-state index is 0.131. The van der Waals surface area contributed by atoms with Gasteiger partial charge in [0.1, 0.15) is 5.75 Å². The highest BCUT2D eigenvalue weighted by Gasteiger charge is 2.36. The summed E-state index contributed by atoms with van der Waals surface area (Å²) in [6.07, 6.45) is 0.0753. The minimum Gasteiger partial charge on any atom is -0.482 e. The normalized spacial score (nSPS) is 17.7. The standard InChI is InChI=1S/C13H7Cl6N3O/c14-12(15,16)10-20-9(21-11(22-10)13(17,18)19)8-5-6-3-1-2-4-7(6)23-8/h1-4,8H,5H2. The summed E-state index contributed by atoms with van der Waals surface area (Å²) in [5.74, 6) is 0.712. The monoisotopic (exact) mass is 431 g/mol. The van der Waals surface area contributed by atoms with Crippen LogP contribution in [0.25, 0.3) is 0 Å². The second-order valence-electron chi connectivity index (χ2n) is 4.75. The first-order chi connectivity index (χ1) is 10.6. The predicted molar refractivity (Wildman–Crippen MR) is 91.8 cm³/mol. The molecule has 0 saturated carbocycles. The molecule has 3 rings (SSSR count). The molecule has 1 aliphatic heterocycles. The van der Waals surface area contributed by atoms with Gasteiger partial charge in [-0.2, -0.15) is 0 Å². The highest BCUT2D eigenvalue weighted by atomic mass is 35.6. The van der Waals surface area contributed by atoms with Crippen LogP contribution in [0.4, 0.5) is 0 Å². The molecule has 0 amide bonds. The summed E-state index contributed by atoms with van der Waals surface area (Å²) in [5.41, 5.74) is 1.02. The molecule has 4 nitrogen and oxygen atoms in total. The van der Waals surface area contributed by atoms with E-state index in [-0.39, 0.29) is 17.5 Å². The molecule has 0 saturated heterocycles. The molecule has 1 atom stereocenters. The van der Waals surface area contributed by atoms with E-state index in [0.717, 1.165) is 11.3 Å². The van der Waals surface area contributed by atoms with Gasteiger partial charge in [-0.25, -0.2) is 15.0 Å². The number of fused-ring (bicyclic) bond motifs is 1. The number of hydrogen-bond donors (Lipinski definition) is 0. The Morgan fingerprint density at radius 3 is 1.96 bits per heavy atom. The van der Waals surface area contributed by atoms with Crippen LogP contribution < -0.4 is 4.74 Å². The average Bonchev–Trinajstić information content (AvgIpc) is 2.89. The first-order valence-corrected chi connectivity index (χ1v) is 8.56. The Labute approximate surface area is 162 Å². The number of para-hydroxylation sites is 1. The van der Waals surface area contributed by atoms with Crippen molar-refractivity contribution in [2.24, 2.45) is 0 Å². The van der Waals surface area contributed by atoms with Crippen LogP contribution in [0.15, 0.2) is 24.3 Å². The second-order valence-corrected chi connectivity index (χ2v) is 9.32. The quantitative estimate of drug-likeness (QED) is 0.580. The number of aromatic nitrogens is 3. The molecule has 1 aromatic carbocycles. The summed E-state index contributed by atoms with van der Waals surface area (Å²) in [4.78, 5) is 12.3. The molecular formula is C13H7Cl6N3O. The largest absolute Gasteiger partial charge is 0.482 e. The highest BCUT2D eigenvalue weighted by molar-refractivity contribution is 6.67.